The van der Waals surface area contributed by atoms with Crippen LogP contribution in [0.2, 0.25) is 0 Å². The van der Waals surface area contributed by atoms with Crippen molar-refractivity contribution >= 4 is 17.8 Å². The summed E-state index contributed by atoms with van der Waals surface area (Å²) in [5.41, 5.74) is -0.166. The van der Waals surface area contributed by atoms with Crippen LogP contribution in [-0.4, -0.2) is 63.8 Å². The van der Waals surface area contributed by atoms with Gasteiger partial charge in [-0.1, -0.05) is 6.42 Å². The summed E-state index contributed by atoms with van der Waals surface area (Å²) in [5, 5.41) is 6.58. The number of nitrogens with zero attached hydrogens (tertiary/aromatic N) is 4. The third kappa shape index (κ3) is 6.74. The van der Waals surface area contributed by atoms with Crippen LogP contribution in [0.1, 0.15) is 50.2 Å². The zero-order chi connectivity index (χ0) is 25.0. The molecule has 11 heteroatoms. The van der Waals surface area contributed by atoms with Crippen molar-refractivity contribution in [2.24, 2.45) is 0 Å². The highest BCUT2D eigenvalue weighted by molar-refractivity contribution is 5.87. The van der Waals surface area contributed by atoms with Gasteiger partial charge in [0.05, 0.1) is 11.7 Å². The predicted molar refractivity (Wildman–Crippen MR) is 123 cm³/mol. The first-order valence-corrected chi connectivity index (χ1v) is 11.9. The van der Waals surface area contributed by atoms with Crippen LogP contribution < -0.4 is 10.1 Å². The molecule has 2 fully saturated rings. The van der Waals surface area contributed by atoms with Crippen LogP contribution in [0.5, 0.6) is 5.75 Å². The largest absolute Gasteiger partial charge is 0.490 e. The van der Waals surface area contributed by atoms with Gasteiger partial charge in [0.15, 0.2) is 5.82 Å². The molecule has 1 saturated heterocycles. The van der Waals surface area contributed by atoms with Crippen LogP contribution in [0.4, 0.5) is 23.8 Å². The second-order valence-electron chi connectivity index (χ2n) is 9.11. The van der Waals surface area contributed by atoms with Gasteiger partial charge in [-0.05, 0) is 49.4 Å². The Morgan fingerprint density at radius 1 is 1.09 bits per heavy atom. The van der Waals surface area contributed by atoms with Crippen LogP contribution in [0.3, 0.4) is 0 Å². The van der Waals surface area contributed by atoms with E-state index in [9.17, 15) is 22.8 Å². The molecule has 0 unspecified atom stereocenters. The average Bonchev–Trinajstić information content (AvgIpc) is 3.27. The van der Waals surface area contributed by atoms with Crippen molar-refractivity contribution in [3.63, 3.8) is 0 Å². The highest BCUT2D eigenvalue weighted by Crippen LogP contribution is 2.34. The zero-order valence-electron chi connectivity index (χ0n) is 19.7. The summed E-state index contributed by atoms with van der Waals surface area (Å²) in [7, 11) is 0. The van der Waals surface area contributed by atoms with Gasteiger partial charge in [-0.25, -0.2) is 4.79 Å². The van der Waals surface area contributed by atoms with E-state index in [1.54, 1.807) is 11.0 Å². The number of amides is 2. The number of aromatic nitrogens is 2. The van der Waals surface area contributed by atoms with E-state index in [0.717, 1.165) is 38.2 Å². The van der Waals surface area contributed by atoms with Gasteiger partial charge < -0.3 is 15.0 Å². The van der Waals surface area contributed by atoms with Crippen LogP contribution >= 0.6 is 0 Å². The number of hydrogen-bond donors (Lipinski definition) is 1. The van der Waals surface area contributed by atoms with Gasteiger partial charge in [-0.3, -0.25) is 9.69 Å². The summed E-state index contributed by atoms with van der Waals surface area (Å²) in [6, 6.07) is 5.20. The number of nitrogens with one attached hydrogen (secondary N) is 1. The van der Waals surface area contributed by atoms with Crippen LogP contribution in [0.15, 0.2) is 30.5 Å². The Bertz CT molecular complexity index is 1040. The number of piperazine rings is 1. The minimum atomic E-state index is -4.45. The molecule has 8 nitrogen and oxygen atoms in total. The molecule has 1 aliphatic carbocycles. The highest BCUT2D eigenvalue weighted by atomic mass is 19.4. The number of halogens is 3. The maximum absolute atomic E-state index is 13.5. The van der Waals surface area contributed by atoms with Gasteiger partial charge in [0.1, 0.15) is 5.75 Å². The second-order valence-corrected chi connectivity index (χ2v) is 9.11. The van der Waals surface area contributed by atoms with Gasteiger partial charge in [0.25, 0.3) is 0 Å². The fourth-order valence-corrected chi connectivity index (χ4v) is 4.54. The zero-order valence-corrected chi connectivity index (χ0v) is 19.7. The molecule has 2 aromatic rings. The first-order valence-electron chi connectivity index (χ1n) is 11.9. The summed E-state index contributed by atoms with van der Waals surface area (Å²) in [4.78, 5) is 27.5. The monoisotopic (exact) mass is 493 g/mol. The number of carbonyl (C=O) groups excluding carboxylic acids is 2. The Morgan fingerprint density at radius 2 is 1.80 bits per heavy atom. The molecule has 1 aromatic carbocycles. The maximum atomic E-state index is 13.5. The molecule has 0 atom stereocenters. The maximum Gasteiger partial charge on any atom is 0.416 e. The highest BCUT2D eigenvalue weighted by Gasteiger charge is 2.32. The van der Waals surface area contributed by atoms with Crippen LogP contribution in [0, 0.1) is 0 Å². The standard InChI is InChI=1S/C24H30F3N5O3/c1-17(33)28-22-7-8-32(29-22)23(34)31-11-9-30(10-12-31)16-18-13-19(24(25,26)27)15-21(14-18)35-20-5-3-2-4-6-20/h7-8,13-15,20H,2-6,9-12,16H2,1H3,(H,28,29,33). The van der Waals surface area contributed by atoms with Crippen molar-refractivity contribution in [2.45, 2.75) is 57.9 Å². The van der Waals surface area contributed by atoms with E-state index < -0.39 is 11.7 Å². The summed E-state index contributed by atoms with van der Waals surface area (Å²) in [5.74, 6) is 0.280. The SMILES string of the molecule is CC(=O)Nc1ccn(C(=O)N2CCN(Cc3cc(OC4CCCCC4)cc(C(F)(F)F)c3)CC2)n1. The number of ether oxygens (including phenoxy) is 1. The first kappa shape index (κ1) is 25.0. The molecule has 0 bridgehead atoms. The Labute approximate surface area is 202 Å². The lowest BCUT2D eigenvalue weighted by Crippen LogP contribution is -2.49. The Morgan fingerprint density at radius 3 is 2.46 bits per heavy atom. The van der Waals surface area contributed by atoms with E-state index in [0.29, 0.717) is 44.1 Å². The van der Waals surface area contributed by atoms with Crippen molar-refractivity contribution in [1.82, 2.24) is 19.6 Å². The predicted octanol–water partition coefficient (Wildman–Crippen LogP) is 4.36. The fraction of sp³-hybridized carbons (Fsp3) is 0.542. The summed E-state index contributed by atoms with van der Waals surface area (Å²) >= 11 is 0. The average molecular weight is 494 g/mol. The molecule has 1 N–H and O–H groups in total. The Hall–Kier alpha value is -3.08. The molecule has 0 spiro atoms. The minimum Gasteiger partial charge on any atom is -0.490 e. The van der Waals surface area contributed by atoms with Gasteiger partial charge >= 0.3 is 12.2 Å². The Balaban J connectivity index is 1.37. The number of carbonyl (C=O) groups is 2. The topological polar surface area (TPSA) is 79.7 Å². The van der Waals surface area contributed by atoms with Gasteiger partial charge in [0.2, 0.25) is 5.91 Å². The normalized spacial score (nSPS) is 17.9. The van der Waals surface area contributed by atoms with Crippen molar-refractivity contribution in [1.29, 1.82) is 0 Å². The number of rotatable bonds is 5. The van der Waals surface area contributed by atoms with Crippen molar-refractivity contribution in [2.75, 3.05) is 31.5 Å². The molecule has 35 heavy (non-hydrogen) atoms. The van der Waals surface area contributed by atoms with Crippen LogP contribution in [0.25, 0.3) is 0 Å². The van der Waals surface area contributed by atoms with Gasteiger partial charge in [-0.2, -0.15) is 17.9 Å². The number of alkyl halides is 3. The third-order valence-corrected chi connectivity index (χ3v) is 6.29. The fourth-order valence-electron chi connectivity index (χ4n) is 4.54. The summed E-state index contributed by atoms with van der Waals surface area (Å²) < 4.78 is 47.7. The number of anilines is 1. The van der Waals surface area contributed by atoms with E-state index in [1.165, 1.54) is 29.9 Å². The van der Waals surface area contributed by atoms with Crippen molar-refractivity contribution in [3.05, 3.63) is 41.6 Å². The molecular weight excluding hydrogens is 463 g/mol. The van der Waals surface area contributed by atoms with Crippen molar-refractivity contribution < 1.29 is 27.5 Å². The molecular formula is C24H30F3N5O3. The summed E-state index contributed by atoms with van der Waals surface area (Å²) in [6.45, 7) is 3.55. The van der Waals surface area contributed by atoms with Gasteiger partial charge in [0, 0.05) is 51.9 Å². The van der Waals surface area contributed by atoms with Gasteiger partial charge in [-0.15, -0.1) is 5.10 Å². The second kappa shape index (κ2) is 10.7. The van der Waals surface area contributed by atoms with E-state index in [4.69, 9.17) is 4.74 Å². The lowest BCUT2D eigenvalue weighted by Gasteiger charge is -2.34. The third-order valence-electron chi connectivity index (χ3n) is 6.29. The molecule has 2 aliphatic rings. The minimum absolute atomic E-state index is 0.0388. The van der Waals surface area contributed by atoms with E-state index in [2.05, 4.69) is 10.4 Å². The van der Waals surface area contributed by atoms with E-state index in [-0.39, 0.29) is 23.8 Å². The smallest absolute Gasteiger partial charge is 0.416 e. The lowest BCUT2D eigenvalue weighted by molar-refractivity contribution is -0.137. The molecule has 1 saturated carbocycles. The van der Waals surface area contributed by atoms with E-state index >= 15 is 0 Å². The Kier molecular flexibility index (Phi) is 7.63. The molecule has 190 valence electrons. The molecule has 2 amide bonds. The quantitative estimate of drug-likeness (QED) is 0.670. The number of benzene rings is 1. The summed E-state index contributed by atoms with van der Waals surface area (Å²) in [6.07, 6.45) is 1.93. The molecule has 2 heterocycles. The first-order chi connectivity index (χ1) is 16.7. The molecule has 1 aromatic heterocycles. The number of hydrogen-bond acceptors (Lipinski definition) is 5. The van der Waals surface area contributed by atoms with E-state index in [1.807, 2.05) is 4.90 Å². The molecule has 1 aliphatic heterocycles. The molecule has 4 rings (SSSR count). The molecule has 0 radical (unpaired) electrons. The van der Waals surface area contributed by atoms with Crippen LogP contribution in [-0.2, 0) is 17.5 Å². The lowest BCUT2D eigenvalue weighted by atomic mass is 9.97. The van der Waals surface area contributed by atoms with Crippen molar-refractivity contribution in [3.8, 4) is 5.75 Å².